The van der Waals surface area contributed by atoms with Crippen LogP contribution in [0.2, 0.25) is 0 Å². The van der Waals surface area contributed by atoms with Crippen LogP contribution in [-0.4, -0.2) is 67.9 Å². The van der Waals surface area contributed by atoms with E-state index in [2.05, 4.69) is 29.6 Å². The van der Waals surface area contributed by atoms with Crippen LogP contribution in [0.5, 0.6) is 0 Å². The number of hydrogen-bond acceptors (Lipinski definition) is 5. The minimum atomic E-state index is -1.04. The standard InChI is InChI=1S/C26H30N2O6/c1-33-17-26(24(30)31)12-14-28(16-26)23(29)11-6-13-27-25(32)34-15-22-20-9-4-2-7-18(20)19-8-3-5-10-21(19)22/h2-5,7-10,22H,6,11-17H2,1H3,(H,27,32)(H,30,31). The lowest BCUT2D eigenvalue weighted by atomic mass is 9.88. The number of fused-ring (bicyclic) bond motifs is 3. The summed E-state index contributed by atoms with van der Waals surface area (Å²) in [6.45, 7) is 1.17. The number of carbonyl (C=O) groups excluding carboxylic acids is 2. The molecule has 1 saturated heterocycles. The molecule has 1 unspecified atom stereocenters. The van der Waals surface area contributed by atoms with Gasteiger partial charge < -0.3 is 24.8 Å². The van der Waals surface area contributed by atoms with E-state index < -0.39 is 17.5 Å². The van der Waals surface area contributed by atoms with Crippen molar-refractivity contribution in [1.29, 1.82) is 0 Å². The fraction of sp³-hybridized carbons (Fsp3) is 0.423. The second-order valence-corrected chi connectivity index (χ2v) is 8.94. The topological polar surface area (TPSA) is 105 Å². The van der Waals surface area contributed by atoms with Gasteiger partial charge in [0.2, 0.25) is 5.91 Å². The van der Waals surface area contributed by atoms with Crippen LogP contribution in [0.4, 0.5) is 4.79 Å². The molecule has 1 aliphatic carbocycles. The summed E-state index contributed by atoms with van der Waals surface area (Å²) in [5.41, 5.74) is 3.61. The molecular weight excluding hydrogens is 436 g/mol. The molecule has 2 aromatic rings. The van der Waals surface area contributed by atoms with Crippen LogP contribution in [-0.2, 0) is 19.1 Å². The second-order valence-electron chi connectivity index (χ2n) is 8.94. The quantitative estimate of drug-likeness (QED) is 0.550. The normalized spacial score (nSPS) is 18.9. The maximum atomic E-state index is 12.5. The molecule has 8 nitrogen and oxygen atoms in total. The van der Waals surface area contributed by atoms with Gasteiger partial charge in [0, 0.05) is 39.1 Å². The highest BCUT2D eigenvalue weighted by Crippen LogP contribution is 2.44. The van der Waals surface area contributed by atoms with Crippen LogP contribution in [0.3, 0.4) is 0 Å². The molecule has 1 fully saturated rings. The van der Waals surface area contributed by atoms with E-state index in [1.807, 2.05) is 24.3 Å². The molecule has 0 aromatic heterocycles. The largest absolute Gasteiger partial charge is 0.481 e. The molecule has 4 rings (SSSR count). The molecular formula is C26H30N2O6. The van der Waals surface area contributed by atoms with Gasteiger partial charge in [-0.3, -0.25) is 9.59 Å². The second kappa shape index (κ2) is 10.3. The van der Waals surface area contributed by atoms with Gasteiger partial charge in [-0.2, -0.15) is 0 Å². The van der Waals surface area contributed by atoms with E-state index in [1.54, 1.807) is 4.90 Å². The first-order valence-corrected chi connectivity index (χ1v) is 11.5. The predicted molar refractivity (Wildman–Crippen MR) is 125 cm³/mol. The number of likely N-dealkylation sites (tertiary alicyclic amines) is 1. The highest BCUT2D eigenvalue weighted by atomic mass is 16.5. The highest BCUT2D eigenvalue weighted by molar-refractivity contribution is 5.81. The number of aliphatic carboxylic acids is 1. The smallest absolute Gasteiger partial charge is 0.407 e. The molecule has 2 amide bonds. The SMILES string of the molecule is COCC1(C(=O)O)CCN(C(=O)CCCNC(=O)OCC2c3ccccc3-c3ccccc32)C1. The van der Waals surface area contributed by atoms with E-state index in [-0.39, 0.29) is 38.0 Å². The molecule has 1 aliphatic heterocycles. The Labute approximate surface area is 198 Å². The van der Waals surface area contributed by atoms with Crippen molar-refractivity contribution in [3.63, 3.8) is 0 Å². The number of carbonyl (C=O) groups is 3. The molecule has 180 valence electrons. The Balaban J connectivity index is 1.21. The Morgan fingerprint density at radius 3 is 2.35 bits per heavy atom. The van der Waals surface area contributed by atoms with Crippen molar-refractivity contribution in [2.24, 2.45) is 5.41 Å². The van der Waals surface area contributed by atoms with E-state index in [9.17, 15) is 19.5 Å². The number of ether oxygens (including phenoxy) is 2. The fourth-order valence-electron chi connectivity index (χ4n) is 4.95. The zero-order valence-corrected chi connectivity index (χ0v) is 19.3. The summed E-state index contributed by atoms with van der Waals surface area (Å²) < 4.78 is 10.6. The third kappa shape index (κ3) is 4.77. The molecule has 1 heterocycles. The number of rotatable bonds is 9. The zero-order valence-electron chi connectivity index (χ0n) is 19.3. The molecule has 0 saturated carbocycles. The van der Waals surface area contributed by atoms with Crippen molar-refractivity contribution in [3.05, 3.63) is 59.7 Å². The Hall–Kier alpha value is -3.39. The summed E-state index contributed by atoms with van der Waals surface area (Å²) in [5.74, 6) is -1.06. The lowest BCUT2D eigenvalue weighted by molar-refractivity contribution is -0.151. The lowest BCUT2D eigenvalue weighted by Gasteiger charge is -2.23. The van der Waals surface area contributed by atoms with Crippen molar-refractivity contribution in [3.8, 4) is 11.1 Å². The van der Waals surface area contributed by atoms with Gasteiger partial charge in [-0.05, 0) is 35.1 Å². The van der Waals surface area contributed by atoms with Crippen LogP contribution in [0.25, 0.3) is 11.1 Å². The summed E-state index contributed by atoms with van der Waals surface area (Å²) in [7, 11) is 1.46. The Morgan fingerprint density at radius 1 is 1.09 bits per heavy atom. The van der Waals surface area contributed by atoms with Crippen molar-refractivity contribution >= 4 is 18.0 Å². The van der Waals surface area contributed by atoms with Gasteiger partial charge in [-0.1, -0.05) is 48.5 Å². The van der Waals surface area contributed by atoms with Crippen molar-refractivity contribution in [2.75, 3.05) is 40.0 Å². The predicted octanol–water partition coefficient (Wildman–Crippen LogP) is 3.26. The summed E-state index contributed by atoms with van der Waals surface area (Å²) in [4.78, 5) is 37.9. The van der Waals surface area contributed by atoms with Crippen molar-refractivity contribution in [1.82, 2.24) is 10.2 Å². The summed E-state index contributed by atoms with van der Waals surface area (Å²) >= 11 is 0. The van der Waals surface area contributed by atoms with Gasteiger partial charge in [-0.25, -0.2) is 4.79 Å². The summed E-state index contributed by atoms with van der Waals surface area (Å²) in [6.07, 6.45) is 0.538. The number of nitrogens with zero attached hydrogens (tertiary/aromatic N) is 1. The van der Waals surface area contributed by atoms with Crippen molar-refractivity contribution < 1.29 is 29.0 Å². The summed E-state index contributed by atoms with van der Waals surface area (Å²) in [6, 6.07) is 16.3. The molecule has 0 radical (unpaired) electrons. The number of methoxy groups -OCH3 is 1. The minimum absolute atomic E-state index is 0.00324. The van der Waals surface area contributed by atoms with Gasteiger partial charge in [-0.15, -0.1) is 0 Å². The summed E-state index contributed by atoms with van der Waals surface area (Å²) in [5, 5.41) is 12.2. The van der Waals surface area contributed by atoms with E-state index in [0.29, 0.717) is 25.9 Å². The zero-order chi connectivity index (χ0) is 24.1. The van der Waals surface area contributed by atoms with Gasteiger partial charge in [0.1, 0.15) is 12.0 Å². The number of carboxylic acids is 1. The van der Waals surface area contributed by atoms with Crippen LogP contribution in [0, 0.1) is 5.41 Å². The first kappa shape index (κ1) is 23.8. The van der Waals surface area contributed by atoms with Crippen molar-refractivity contribution in [2.45, 2.75) is 25.2 Å². The first-order chi connectivity index (χ1) is 16.4. The number of alkyl carbamates (subject to hydrolysis) is 1. The van der Waals surface area contributed by atoms with Gasteiger partial charge in [0.25, 0.3) is 0 Å². The maximum Gasteiger partial charge on any atom is 0.407 e. The molecule has 1 atom stereocenters. The maximum absolute atomic E-state index is 12.5. The molecule has 8 heteroatoms. The van der Waals surface area contributed by atoms with Crippen LogP contribution in [0.1, 0.15) is 36.3 Å². The van der Waals surface area contributed by atoms with Gasteiger partial charge in [0.05, 0.1) is 6.61 Å². The number of hydrogen-bond donors (Lipinski definition) is 2. The third-order valence-corrected chi connectivity index (χ3v) is 6.76. The van der Waals surface area contributed by atoms with E-state index in [4.69, 9.17) is 9.47 Å². The molecule has 2 N–H and O–H groups in total. The average molecular weight is 467 g/mol. The monoisotopic (exact) mass is 466 g/mol. The third-order valence-electron chi connectivity index (χ3n) is 6.76. The number of benzene rings is 2. The van der Waals surface area contributed by atoms with Gasteiger partial charge >= 0.3 is 12.1 Å². The van der Waals surface area contributed by atoms with Crippen LogP contribution in [0.15, 0.2) is 48.5 Å². The molecule has 34 heavy (non-hydrogen) atoms. The number of amides is 2. The molecule has 2 aromatic carbocycles. The Bertz CT molecular complexity index is 1030. The molecule has 2 aliphatic rings. The number of carboxylic acid groups (broad SMARTS) is 1. The molecule has 0 bridgehead atoms. The number of nitrogens with one attached hydrogen (secondary N) is 1. The van der Waals surface area contributed by atoms with E-state index in [1.165, 1.54) is 18.2 Å². The average Bonchev–Trinajstić information content (AvgIpc) is 3.41. The molecule has 0 spiro atoms. The van der Waals surface area contributed by atoms with E-state index >= 15 is 0 Å². The minimum Gasteiger partial charge on any atom is -0.481 e. The lowest BCUT2D eigenvalue weighted by Crippen LogP contribution is -2.40. The van der Waals surface area contributed by atoms with Crippen LogP contribution < -0.4 is 5.32 Å². The Morgan fingerprint density at radius 2 is 1.74 bits per heavy atom. The van der Waals surface area contributed by atoms with Gasteiger partial charge in [0.15, 0.2) is 0 Å². The Kier molecular flexibility index (Phi) is 7.17. The van der Waals surface area contributed by atoms with Crippen LogP contribution >= 0.6 is 0 Å². The first-order valence-electron chi connectivity index (χ1n) is 11.5. The fourth-order valence-corrected chi connectivity index (χ4v) is 4.95. The highest BCUT2D eigenvalue weighted by Gasteiger charge is 2.46. The van der Waals surface area contributed by atoms with E-state index in [0.717, 1.165) is 11.1 Å².